The van der Waals surface area contributed by atoms with Crippen LogP contribution in [0.15, 0.2) is 18.2 Å². The van der Waals surface area contributed by atoms with Crippen molar-refractivity contribution in [1.82, 2.24) is 10.2 Å². The molecule has 0 spiro atoms. The van der Waals surface area contributed by atoms with Crippen LogP contribution in [0.1, 0.15) is 33.3 Å². The van der Waals surface area contributed by atoms with E-state index in [1.54, 1.807) is 18.2 Å². The Morgan fingerprint density at radius 3 is 2.31 bits per heavy atom. The van der Waals surface area contributed by atoms with E-state index in [1.807, 2.05) is 13.8 Å². The molecule has 8 nitrogen and oxygen atoms in total. The van der Waals surface area contributed by atoms with Crippen molar-refractivity contribution in [1.29, 1.82) is 0 Å². The van der Waals surface area contributed by atoms with Crippen molar-refractivity contribution < 1.29 is 29.0 Å². The zero-order valence-corrected chi connectivity index (χ0v) is 15.6. The van der Waals surface area contributed by atoms with E-state index in [0.717, 1.165) is 5.56 Å². The maximum Gasteiger partial charge on any atom is 0.414 e. The molecule has 0 aliphatic carbocycles. The van der Waals surface area contributed by atoms with Gasteiger partial charge in [-0.2, -0.15) is 0 Å². The molecule has 0 bridgehead atoms. The van der Waals surface area contributed by atoms with Gasteiger partial charge < -0.3 is 19.9 Å². The second kappa shape index (κ2) is 10.3. The number of carboxylic acid groups (broad SMARTS) is 1. The van der Waals surface area contributed by atoms with Gasteiger partial charge in [-0.05, 0) is 44.9 Å². The standard InChI is InChI=1S/C18H26N2O6/c1-5-25-15-8-7-14(11-16(15)26-6-2)9-10-20(18(23)24)17(22)12(3)19-13(4)21/h7-8,11-12H,5-6,9-10H2,1-4H3,(H,19,21)(H,23,24)/t12-/m0/s1. The molecule has 1 aromatic carbocycles. The molecule has 0 saturated carbocycles. The lowest BCUT2D eigenvalue weighted by molar-refractivity contribution is -0.133. The molecule has 0 unspecified atom stereocenters. The number of nitrogens with one attached hydrogen (secondary N) is 1. The molecule has 3 amide bonds. The normalized spacial score (nSPS) is 11.4. The number of carbonyl (C=O) groups is 3. The summed E-state index contributed by atoms with van der Waals surface area (Å²) in [7, 11) is 0. The van der Waals surface area contributed by atoms with E-state index in [4.69, 9.17) is 9.47 Å². The van der Waals surface area contributed by atoms with Crippen LogP contribution in [0.2, 0.25) is 0 Å². The Morgan fingerprint density at radius 2 is 1.77 bits per heavy atom. The first kappa shape index (κ1) is 21.3. The van der Waals surface area contributed by atoms with Gasteiger partial charge in [-0.15, -0.1) is 0 Å². The van der Waals surface area contributed by atoms with Crippen molar-refractivity contribution in [3.05, 3.63) is 23.8 Å². The van der Waals surface area contributed by atoms with Gasteiger partial charge in [0.25, 0.3) is 5.91 Å². The fourth-order valence-corrected chi connectivity index (χ4v) is 2.39. The number of nitrogens with zero attached hydrogens (tertiary/aromatic N) is 1. The fraction of sp³-hybridized carbons (Fsp3) is 0.500. The summed E-state index contributed by atoms with van der Waals surface area (Å²) in [6.45, 7) is 7.39. The summed E-state index contributed by atoms with van der Waals surface area (Å²) in [5.41, 5.74) is 0.808. The largest absolute Gasteiger partial charge is 0.490 e. The minimum atomic E-state index is -1.36. The molecule has 0 aromatic heterocycles. The van der Waals surface area contributed by atoms with E-state index in [1.165, 1.54) is 13.8 Å². The van der Waals surface area contributed by atoms with Crippen molar-refractivity contribution in [3.63, 3.8) is 0 Å². The highest BCUT2D eigenvalue weighted by Crippen LogP contribution is 2.28. The molecular weight excluding hydrogens is 340 g/mol. The first-order valence-corrected chi connectivity index (χ1v) is 8.50. The molecule has 26 heavy (non-hydrogen) atoms. The third-order valence-electron chi connectivity index (χ3n) is 3.52. The number of carbonyl (C=O) groups excluding carboxylic acids is 2. The zero-order valence-electron chi connectivity index (χ0n) is 15.6. The Kier molecular flexibility index (Phi) is 8.41. The number of ether oxygens (including phenoxy) is 2. The lowest BCUT2D eigenvalue weighted by Gasteiger charge is -2.22. The lowest BCUT2D eigenvalue weighted by Crippen LogP contribution is -2.49. The topological polar surface area (TPSA) is 105 Å². The van der Waals surface area contributed by atoms with Crippen LogP contribution in [-0.4, -0.2) is 53.7 Å². The molecule has 2 N–H and O–H groups in total. The van der Waals surface area contributed by atoms with Crippen LogP contribution >= 0.6 is 0 Å². The molecule has 0 aliphatic heterocycles. The summed E-state index contributed by atoms with van der Waals surface area (Å²) in [6.07, 6.45) is -1.04. The van der Waals surface area contributed by atoms with Crippen LogP contribution in [0.25, 0.3) is 0 Å². The summed E-state index contributed by atoms with van der Waals surface area (Å²) in [5, 5.41) is 11.7. The van der Waals surface area contributed by atoms with Gasteiger partial charge in [-0.3, -0.25) is 9.59 Å². The molecule has 1 atom stereocenters. The molecule has 0 aliphatic rings. The van der Waals surface area contributed by atoms with Crippen molar-refractivity contribution in [2.75, 3.05) is 19.8 Å². The summed E-state index contributed by atoms with van der Waals surface area (Å²) in [6, 6.07) is 4.42. The minimum Gasteiger partial charge on any atom is -0.490 e. The number of benzene rings is 1. The smallest absolute Gasteiger partial charge is 0.414 e. The van der Waals surface area contributed by atoms with E-state index in [0.29, 0.717) is 36.0 Å². The molecule has 1 aromatic rings. The van der Waals surface area contributed by atoms with Gasteiger partial charge in [0.2, 0.25) is 5.91 Å². The highest BCUT2D eigenvalue weighted by molar-refractivity contribution is 5.95. The maximum absolute atomic E-state index is 12.2. The molecule has 144 valence electrons. The number of rotatable bonds is 9. The van der Waals surface area contributed by atoms with Gasteiger partial charge in [-0.1, -0.05) is 6.07 Å². The van der Waals surface area contributed by atoms with Gasteiger partial charge in [0.15, 0.2) is 11.5 Å². The van der Waals surface area contributed by atoms with Crippen molar-refractivity contribution in [2.24, 2.45) is 0 Å². The average Bonchev–Trinajstić information content (AvgIpc) is 2.56. The van der Waals surface area contributed by atoms with E-state index in [2.05, 4.69) is 5.32 Å². The third-order valence-corrected chi connectivity index (χ3v) is 3.52. The number of hydrogen-bond acceptors (Lipinski definition) is 5. The highest BCUT2D eigenvalue weighted by Gasteiger charge is 2.26. The minimum absolute atomic E-state index is 0.0301. The van der Waals surface area contributed by atoms with Crippen molar-refractivity contribution >= 4 is 17.9 Å². The average molecular weight is 366 g/mol. The quantitative estimate of drug-likeness (QED) is 0.693. The van der Waals surface area contributed by atoms with Crippen LogP contribution in [-0.2, 0) is 16.0 Å². The van der Waals surface area contributed by atoms with Gasteiger partial charge in [0.1, 0.15) is 6.04 Å². The Hall–Kier alpha value is -2.77. The zero-order chi connectivity index (χ0) is 19.7. The molecule has 1 rings (SSSR count). The second-order valence-electron chi connectivity index (χ2n) is 5.59. The molecular formula is C18H26N2O6. The van der Waals surface area contributed by atoms with Crippen LogP contribution in [0, 0.1) is 0 Å². The lowest BCUT2D eigenvalue weighted by atomic mass is 10.1. The van der Waals surface area contributed by atoms with Crippen molar-refractivity contribution in [3.8, 4) is 11.5 Å². The van der Waals surface area contributed by atoms with E-state index in [-0.39, 0.29) is 6.54 Å². The van der Waals surface area contributed by atoms with Crippen LogP contribution in [0.5, 0.6) is 11.5 Å². The fourth-order valence-electron chi connectivity index (χ4n) is 2.39. The van der Waals surface area contributed by atoms with Gasteiger partial charge in [0, 0.05) is 13.5 Å². The van der Waals surface area contributed by atoms with Gasteiger partial charge in [-0.25, -0.2) is 9.69 Å². The summed E-state index contributed by atoms with van der Waals surface area (Å²) in [5.74, 6) is 0.114. The molecule has 8 heteroatoms. The number of hydrogen-bond donors (Lipinski definition) is 2. The monoisotopic (exact) mass is 366 g/mol. The highest BCUT2D eigenvalue weighted by atomic mass is 16.5. The summed E-state index contributed by atoms with van der Waals surface area (Å²) < 4.78 is 11.0. The first-order chi connectivity index (χ1) is 12.3. The third kappa shape index (κ3) is 6.27. The van der Waals surface area contributed by atoms with E-state index >= 15 is 0 Å². The first-order valence-electron chi connectivity index (χ1n) is 8.50. The Balaban J connectivity index is 2.86. The number of amides is 3. The molecule has 0 radical (unpaired) electrons. The Morgan fingerprint density at radius 1 is 1.15 bits per heavy atom. The van der Waals surface area contributed by atoms with Gasteiger partial charge in [0.05, 0.1) is 13.2 Å². The number of imide groups is 1. The summed E-state index contributed by atoms with van der Waals surface area (Å²) >= 11 is 0. The second-order valence-corrected chi connectivity index (χ2v) is 5.59. The molecule has 0 saturated heterocycles. The summed E-state index contributed by atoms with van der Waals surface area (Å²) in [4.78, 5) is 35.4. The predicted octanol–water partition coefficient (Wildman–Crippen LogP) is 2.06. The van der Waals surface area contributed by atoms with Gasteiger partial charge >= 0.3 is 6.09 Å². The maximum atomic E-state index is 12.2. The van der Waals surface area contributed by atoms with Crippen LogP contribution in [0.4, 0.5) is 4.79 Å². The Labute approximate surface area is 153 Å². The Bertz CT molecular complexity index is 647. The van der Waals surface area contributed by atoms with E-state index in [9.17, 15) is 19.5 Å². The van der Waals surface area contributed by atoms with Crippen LogP contribution < -0.4 is 14.8 Å². The van der Waals surface area contributed by atoms with Crippen LogP contribution in [0.3, 0.4) is 0 Å². The molecule has 0 fully saturated rings. The predicted molar refractivity (Wildman–Crippen MR) is 95.5 cm³/mol. The van der Waals surface area contributed by atoms with Crippen molar-refractivity contribution in [2.45, 2.75) is 40.2 Å². The van der Waals surface area contributed by atoms with E-state index < -0.39 is 23.9 Å². The SMILES string of the molecule is CCOc1ccc(CCN(C(=O)O)C(=O)[C@H](C)NC(C)=O)cc1OCC. The molecule has 0 heterocycles.